The van der Waals surface area contributed by atoms with Gasteiger partial charge in [-0.3, -0.25) is 9.59 Å². The summed E-state index contributed by atoms with van der Waals surface area (Å²) < 4.78 is 5.81. The van der Waals surface area contributed by atoms with Crippen LogP contribution in [0.5, 0.6) is 0 Å². The Labute approximate surface area is 156 Å². The van der Waals surface area contributed by atoms with Gasteiger partial charge in [0.1, 0.15) is 0 Å². The first-order valence-electron chi connectivity index (χ1n) is 10.2. The van der Waals surface area contributed by atoms with Crippen LogP contribution >= 0.6 is 0 Å². The van der Waals surface area contributed by atoms with Gasteiger partial charge < -0.3 is 4.74 Å². The number of carbonyl (C=O) groups is 2. The molecule has 0 N–H and O–H groups in total. The van der Waals surface area contributed by atoms with E-state index in [2.05, 4.69) is 19.8 Å². The van der Waals surface area contributed by atoms with Gasteiger partial charge >= 0.3 is 5.97 Å². The highest BCUT2D eigenvalue weighted by atomic mass is 16.6. The Morgan fingerprint density at radius 3 is 2.58 bits per heavy atom. The Morgan fingerprint density at radius 2 is 1.88 bits per heavy atom. The van der Waals surface area contributed by atoms with Crippen LogP contribution in [-0.4, -0.2) is 17.4 Å². The second-order valence-corrected chi connectivity index (χ2v) is 9.53. The Bertz CT molecular complexity index is 728. The minimum absolute atomic E-state index is 0.128. The fraction of sp³-hybridized carbons (Fsp3) is 0.739. The summed E-state index contributed by atoms with van der Waals surface area (Å²) in [6.07, 6.45) is 15.7. The molecule has 0 unspecified atom stereocenters. The lowest BCUT2D eigenvalue weighted by Crippen LogP contribution is -2.55. The molecule has 4 rings (SSSR count). The standard InChI is InChI=1S/C23H30O3/c1-5-23(26-15(2)24)13-10-20-18-7-6-16-14-17(25)8-11-21(16,3)19(18)9-12-22(20,23)4/h1,14,18-20H,6-13H2,2-4H3/t18-,19+,20+,21+,22+,23+/m0/s1. The SMILES string of the molecule is C#C[C@@]1(OC(C)=O)CC[C@@H]2[C@H]3CCC4=CC(=O)CC[C@@]4(C)[C@@H]3CC[C@]21C. The first-order chi connectivity index (χ1) is 12.3. The lowest BCUT2D eigenvalue weighted by molar-refractivity contribution is -0.169. The molecule has 0 aromatic carbocycles. The number of hydrogen-bond acceptors (Lipinski definition) is 3. The van der Waals surface area contributed by atoms with Gasteiger partial charge in [0.05, 0.1) is 0 Å². The molecule has 4 aliphatic carbocycles. The average molecular weight is 354 g/mol. The summed E-state index contributed by atoms with van der Waals surface area (Å²) in [6, 6.07) is 0. The molecule has 0 bridgehead atoms. The Kier molecular flexibility index (Phi) is 3.92. The van der Waals surface area contributed by atoms with Crippen molar-refractivity contribution in [1.29, 1.82) is 0 Å². The molecule has 3 saturated carbocycles. The van der Waals surface area contributed by atoms with Crippen LogP contribution in [0.2, 0.25) is 0 Å². The molecule has 0 amide bonds. The Morgan fingerprint density at radius 1 is 1.15 bits per heavy atom. The smallest absolute Gasteiger partial charge is 0.304 e. The van der Waals surface area contributed by atoms with Crippen molar-refractivity contribution in [3.05, 3.63) is 11.6 Å². The zero-order chi connectivity index (χ0) is 18.7. The molecule has 0 heterocycles. The third-order valence-electron chi connectivity index (χ3n) is 8.63. The highest BCUT2D eigenvalue weighted by Crippen LogP contribution is 2.68. The van der Waals surface area contributed by atoms with Crippen LogP contribution in [-0.2, 0) is 14.3 Å². The number of fused-ring (bicyclic) bond motifs is 5. The summed E-state index contributed by atoms with van der Waals surface area (Å²) in [4.78, 5) is 23.7. The molecule has 3 nitrogen and oxygen atoms in total. The van der Waals surface area contributed by atoms with E-state index in [1.807, 2.05) is 6.08 Å². The van der Waals surface area contributed by atoms with E-state index >= 15 is 0 Å². The van der Waals surface area contributed by atoms with Crippen molar-refractivity contribution in [2.75, 3.05) is 0 Å². The predicted octanol–water partition coefficient (Wildman–Crippen LogP) is 4.45. The van der Waals surface area contributed by atoms with Crippen molar-refractivity contribution in [2.24, 2.45) is 28.6 Å². The van der Waals surface area contributed by atoms with E-state index < -0.39 is 5.60 Å². The van der Waals surface area contributed by atoms with Crippen molar-refractivity contribution >= 4 is 11.8 Å². The number of hydrogen-bond donors (Lipinski definition) is 0. The number of carbonyl (C=O) groups excluding carboxylic acids is 2. The summed E-state index contributed by atoms with van der Waals surface area (Å²) in [6.45, 7) is 6.13. The van der Waals surface area contributed by atoms with Crippen LogP contribution in [0.3, 0.4) is 0 Å². The summed E-state index contributed by atoms with van der Waals surface area (Å²) >= 11 is 0. The summed E-state index contributed by atoms with van der Waals surface area (Å²) in [7, 11) is 0. The highest BCUT2D eigenvalue weighted by Gasteiger charge is 2.65. The molecule has 0 aliphatic heterocycles. The van der Waals surface area contributed by atoms with Crippen LogP contribution in [0.25, 0.3) is 0 Å². The quantitative estimate of drug-likeness (QED) is 0.516. The van der Waals surface area contributed by atoms with Crippen molar-refractivity contribution in [1.82, 2.24) is 0 Å². The molecule has 140 valence electrons. The van der Waals surface area contributed by atoms with Gasteiger partial charge in [-0.15, -0.1) is 6.42 Å². The maximum atomic E-state index is 11.9. The monoisotopic (exact) mass is 354 g/mol. The number of esters is 1. The van der Waals surface area contributed by atoms with Crippen LogP contribution in [0.1, 0.15) is 72.1 Å². The largest absolute Gasteiger partial charge is 0.445 e. The molecule has 0 aromatic rings. The number of ether oxygens (including phenoxy) is 1. The highest BCUT2D eigenvalue weighted by molar-refractivity contribution is 5.91. The van der Waals surface area contributed by atoms with Gasteiger partial charge in [0.25, 0.3) is 0 Å². The number of terminal acetylenes is 1. The van der Waals surface area contributed by atoms with Gasteiger partial charge in [0.15, 0.2) is 11.4 Å². The molecule has 0 radical (unpaired) electrons. The van der Waals surface area contributed by atoms with Crippen LogP contribution < -0.4 is 0 Å². The van der Waals surface area contributed by atoms with Gasteiger partial charge in [0.2, 0.25) is 0 Å². The van der Waals surface area contributed by atoms with Crippen molar-refractivity contribution in [3.8, 4) is 12.3 Å². The van der Waals surface area contributed by atoms with E-state index in [0.717, 1.165) is 44.9 Å². The van der Waals surface area contributed by atoms with Gasteiger partial charge in [-0.05, 0) is 74.2 Å². The minimum atomic E-state index is -0.742. The van der Waals surface area contributed by atoms with Crippen LogP contribution in [0.15, 0.2) is 11.6 Å². The molecule has 0 aromatic heterocycles. The number of ketones is 1. The molecular weight excluding hydrogens is 324 g/mol. The van der Waals surface area contributed by atoms with E-state index in [9.17, 15) is 9.59 Å². The van der Waals surface area contributed by atoms with E-state index in [1.165, 1.54) is 12.5 Å². The van der Waals surface area contributed by atoms with E-state index in [-0.39, 0.29) is 16.8 Å². The second kappa shape index (κ2) is 5.72. The van der Waals surface area contributed by atoms with E-state index in [0.29, 0.717) is 30.0 Å². The van der Waals surface area contributed by atoms with Crippen molar-refractivity contribution in [3.63, 3.8) is 0 Å². The van der Waals surface area contributed by atoms with E-state index in [1.54, 1.807) is 0 Å². The molecule has 0 saturated heterocycles. The maximum Gasteiger partial charge on any atom is 0.304 e. The normalized spacial score (nSPS) is 47.1. The molecule has 3 heteroatoms. The minimum Gasteiger partial charge on any atom is -0.445 e. The average Bonchev–Trinajstić information content (AvgIpc) is 2.88. The maximum absolute atomic E-state index is 11.9. The predicted molar refractivity (Wildman–Crippen MR) is 100 cm³/mol. The Balaban J connectivity index is 1.69. The lowest BCUT2D eigenvalue weighted by atomic mass is 9.46. The summed E-state index contributed by atoms with van der Waals surface area (Å²) in [5.41, 5.74) is 0.686. The zero-order valence-electron chi connectivity index (χ0n) is 16.3. The van der Waals surface area contributed by atoms with Gasteiger partial charge in [-0.25, -0.2) is 0 Å². The fourth-order valence-electron chi connectivity index (χ4n) is 7.24. The molecular formula is C23H30O3. The first-order valence-corrected chi connectivity index (χ1v) is 10.2. The van der Waals surface area contributed by atoms with Crippen molar-refractivity contribution in [2.45, 2.75) is 77.7 Å². The van der Waals surface area contributed by atoms with Crippen LogP contribution in [0.4, 0.5) is 0 Å². The molecule has 0 spiro atoms. The third-order valence-corrected chi connectivity index (χ3v) is 8.63. The lowest BCUT2D eigenvalue weighted by Gasteiger charge is -2.58. The third kappa shape index (κ3) is 2.20. The molecule has 6 atom stereocenters. The fourth-order valence-corrected chi connectivity index (χ4v) is 7.24. The summed E-state index contributed by atoms with van der Waals surface area (Å²) in [5.74, 6) is 4.71. The number of rotatable bonds is 1. The van der Waals surface area contributed by atoms with Crippen LogP contribution in [0, 0.1) is 40.9 Å². The van der Waals surface area contributed by atoms with Crippen molar-refractivity contribution < 1.29 is 14.3 Å². The van der Waals surface area contributed by atoms with E-state index in [4.69, 9.17) is 11.2 Å². The molecule has 4 aliphatic rings. The van der Waals surface area contributed by atoms with Gasteiger partial charge in [0, 0.05) is 18.8 Å². The summed E-state index contributed by atoms with van der Waals surface area (Å²) in [5, 5.41) is 0. The molecule has 3 fully saturated rings. The topological polar surface area (TPSA) is 43.4 Å². The second-order valence-electron chi connectivity index (χ2n) is 9.53. The van der Waals surface area contributed by atoms with Gasteiger partial charge in [-0.1, -0.05) is 25.3 Å². The molecule has 26 heavy (non-hydrogen) atoms. The zero-order valence-corrected chi connectivity index (χ0v) is 16.3. The number of allylic oxidation sites excluding steroid dienone is 1. The van der Waals surface area contributed by atoms with Gasteiger partial charge in [-0.2, -0.15) is 0 Å². The first kappa shape index (κ1) is 17.8. The Hall–Kier alpha value is -1.56.